The fourth-order valence-electron chi connectivity index (χ4n) is 3.36. The highest BCUT2D eigenvalue weighted by Gasteiger charge is 2.33. The number of hydrogen-bond donors (Lipinski definition) is 1. The van der Waals surface area contributed by atoms with E-state index in [0.717, 1.165) is 16.7 Å². The standard InChI is InChI=1S/C20H22N2O6S2/c1-12-8-15-9-14(4-6-17(15)22(12)30(3,26)27)20(25)28-11-18(24)19-7-5-16(29-19)10-21-13(2)23/h4-7,9,12H,8,10-11H2,1-3H3,(H,21,23). The molecule has 0 aliphatic carbocycles. The van der Waals surface area contributed by atoms with E-state index in [1.807, 2.05) is 0 Å². The maximum atomic E-state index is 12.4. The van der Waals surface area contributed by atoms with Gasteiger partial charge in [0.1, 0.15) is 0 Å². The third-order valence-corrected chi connectivity index (χ3v) is 7.01. The number of carbonyl (C=O) groups excluding carboxylic acids is 3. The van der Waals surface area contributed by atoms with Gasteiger partial charge < -0.3 is 10.1 Å². The topological polar surface area (TPSA) is 110 Å². The Balaban J connectivity index is 1.63. The number of esters is 1. The summed E-state index contributed by atoms with van der Waals surface area (Å²) >= 11 is 1.23. The lowest BCUT2D eigenvalue weighted by atomic mass is 10.1. The molecule has 1 atom stereocenters. The van der Waals surface area contributed by atoms with E-state index < -0.39 is 22.6 Å². The predicted octanol–water partition coefficient (Wildman–Crippen LogP) is 2.13. The summed E-state index contributed by atoms with van der Waals surface area (Å²) in [5.74, 6) is -1.14. The first-order valence-electron chi connectivity index (χ1n) is 9.22. The minimum Gasteiger partial charge on any atom is -0.454 e. The van der Waals surface area contributed by atoms with Gasteiger partial charge in [0.25, 0.3) is 0 Å². The number of ketones is 1. The van der Waals surface area contributed by atoms with Crippen molar-refractivity contribution in [2.45, 2.75) is 32.9 Å². The molecule has 1 aromatic heterocycles. The number of sulfonamides is 1. The zero-order chi connectivity index (χ0) is 22.1. The maximum absolute atomic E-state index is 12.4. The van der Waals surface area contributed by atoms with Crippen molar-refractivity contribution < 1.29 is 27.5 Å². The molecule has 0 bridgehead atoms. The average molecular weight is 451 g/mol. The molecule has 3 rings (SSSR count). The van der Waals surface area contributed by atoms with Crippen molar-refractivity contribution >= 4 is 44.7 Å². The van der Waals surface area contributed by atoms with Crippen molar-refractivity contribution in [3.05, 3.63) is 51.2 Å². The van der Waals surface area contributed by atoms with Crippen LogP contribution < -0.4 is 9.62 Å². The lowest BCUT2D eigenvalue weighted by Gasteiger charge is -2.21. The van der Waals surface area contributed by atoms with Gasteiger partial charge in [-0.15, -0.1) is 11.3 Å². The number of rotatable bonds is 7. The van der Waals surface area contributed by atoms with E-state index in [1.165, 1.54) is 28.6 Å². The first kappa shape index (κ1) is 22.0. The van der Waals surface area contributed by atoms with Crippen LogP contribution in [-0.2, 0) is 32.5 Å². The molecule has 160 valence electrons. The number of anilines is 1. The number of Topliss-reactive ketones (excluding diaryl/α,β-unsaturated/α-hetero) is 1. The third kappa shape index (κ3) is 4.88. The lowest BCUT2D eigenvalue weighted by Crippen LogP contribution is -2.34. The smallest absolute Gasteiger partial charge is 0.338 e. The SMILES string of the molecule is CC(=O)NCc1ccc(C(=O)COC(=O)c2ccc3c(c2)CC(C)N3S(C)(=O)=O)s1. The van der Waals surface area contributed by atoms with E-state index >= 15 is 0 Å². The molecule has 8 nitrogen and oxygen atoms in total. The Bertz CT molecular complexity index is 1110. The van der Waals surface area contributed by atoms with E-state index in [-0.39, 0.29) is 23.3 Å². The summed E-state index contributed by atoms with van der Waals surface area (Å²) in [6, 6.07) is 7.85. The Hall–Kier alpha value is -2.72. The zero-order valence-electron chi connectivity index (χ0n) is 16.8. The van der Waals surface area contributed by atoms with Crippen LogP contribution in [0.25, 0.3) is 0 Å². The second-order valence-corrected chi connectivity index (χ2v) is 10.2. The molecule has 1 amide bonds. The van der Waals surface area contributed by atoms with Gasteiger partial charge in [0.05, 0.1) is 28.9 Å². The molecule has 2 aromatic rings. The molecule has 10 heteroatoms. The van der Waals surface area contributed by atoms with E-state index in [0.29, 0.717) is 23.5 Å². The van der Waals surface area contributed by atoms with Crippen molar-refractivity contribution in [1.82, 2.24) is 5.32 Å². The molecular weight excluding hydrogens is 428 g/mol. The second kappa shape index (κ2) is 8.57. The number of nitrogens with zero attached hydrogens (tertiary/aromatic N) is 1. The van der Waals surface area contributed by atoms with Gasteiger partial charge in [-0.3, -0.25) is 13.9 Å². The van der Waals surface area contributed by atoms with Crippen LogP contribution in [0.3, 0.4) is 0 Å². The largest absolute Gasteiger partial charge is 0.454 e. The fraction of sp³-hybridized carbons (Fsp3) is 0.350. The second-order valence-electron chi connectivity index (χ2n) is 7.13. The summed E-state index contributed by atoms with van der Waals surface area (Å²) in [6.45, 7) is 3.16. The van der Waals surface area contributed by atoms with Crippen LogP contribution in [0.4, 0.5) is 5.69 Å². The third-order valence-electron chi connectivity index (χ3n) is 4.61. The Morgan fingerprint density at radius 1 is 1.23 bits per heavy atom. The number of hydrogen-bond acceptors (Lipinski definition) is 7. The van der Waals surface area contributed by atoms with Gasteiger partial charge >= 0.3 is 5.97 Å². The van der Waals surface area contributed by atoms with Crippen LogP contribution in [0.5, 0.6) is 0 Å². The zero-order valence-corrected chi connectivity index (χ0v) is 18.4. The predicted molar refractivity (Wildman–Crippen MR) is 113 cm³/mol. The molecule has 30 heavy (non-hydrogen) atoms. The van der Waals surface area contributed by atoms with Gasteiger partial charge in [0.15, 0.2) is 6.61 Å². The van der Waals surface area contributed by atoms with E-state index in [4.69, 9.17) is 4.74 Å². The summed E-state index contributed by atoms with van der Waals surface area (Å²) in [4.78, 5) is 36.9. The highest BCUT2D eigenvalue weighted by Crippen LogP contribution is 2.34. The molecule has 0 fully saturated rings. The molecule has 1 N–H and O–H groups in total. The average Bonchev–Trinajstić information content (AvgIpc) is 3.26. The number of ether oxygens (including phenoxy) is 1. The van der Waals surface area contributed by atoms with Crippen LogP contribution in [0, 0.1) is 0 Å². The van der Waals surface area contributed by atoms with E-state index in [1.54, 1.807) is 31.2 Å². The van der Waals surface area contributed by atoms with Crippen LogP contribution >= 0.6 is 11.3 Å². The van der Waals surface area contributed by atoms with Gasteiger partial charge in [-0.05, 0) is 49.2 Å². The summed E-state index contributed by atoms with van der Waals surface area (Å²) < 4.78 is 30.5. The maximum Gasteiger partial charge on any atom is 0.338 e. The highest BCUT2D eigenvalue weighted by atomic mass is 32.2. The molecule has 0 saturated carbocycles. The molecular formula is C20H22N2O6S2. The van der Waals surface area contributed by atoms with Gasteiger partial charge in [0, 0.05) is 17.8 Å². The summed E-state index contributed by atoms with van der Waals surface area (Å²) in [5, 5.41) is 2.66. The Labute approximate surface area is 178 Å². The lowest BCUT2D eigenvalue weighted by molar-refractivity contribution is -0.119. The monoisotopic (exact) mass is 450 g/mol. The number of benzene rings is 1. The minimum atomic E-state index is -3.41. The number of amides is 1. The summed E-state index contributed by atoms with van der Waals surface area (Å²) in [5.41, 5.74) is 1.57. The Morgan fingerprint density at radius 3 is 2.63 bits per heavy atom. The van der Waals surface area contributed by atoms with E-state index in [2.05, 4.69) is 5.32 Å². The quantitative estimate of drug-likeness (QED) is 0.511. The van der Waals surface area contributed by atoms with Crippen LogP contribution in [-0.4, -0.2) is 45.0 Å². The van der Waals surface area contributed by atoms with Crippen LogP contribution in [0.1, 0.15) is 44.3 Å². The number of carbonyl (C=O) groups is 3. The van der Waals surface area contributed by atoms with Crippen LogP contribution in [0.2, 0.25) is 0 Å². The minimum absolute atomic E-state index is 0.159. The van der Waals surface area contributed by atoms with Crippen molar-refractivity contribution in [2.24, 2.45) is 0 Å². The van der Waals surface area contributed by atoms with Crippen molar-refractivity contribution in [3.8, 4) is 0 Å². The molecule has 1 aliphatic heterocycles. The molecule has 1 aromatic carbocycles. The normalized spacial score (nSPS) is 15.6. The van der Waals surface area contributed by atoms with Crippen molar-refractivity contribution in [3.63, 3.8) is 0 Å². The fourth-order valence-corrected chi connectivity index (χ4v) is 5.49. The molecule has 0 spiro atoms. The highest BCUT2D eigenvalue weighted by molar-refractivity contribution is 7.92. The van der Waals surface area contributed by atoms with Crippen molar-refractivity contribution in [1.29, 1.82) is 0 Å². The molecule has 2 heterocycles. The first-order valence-corrected chi connectivity index (χ1v) is 11.9. The van der Waals surface area contributed by atoms with Gasteiger partial charge in [-0.1, -0.05) is 0 Å². The Kier molecular flexibility index (Phi) is 6.27. The van der Waals surface area contributed by atoms with E-state index in [9.17, 15) is 22.8 Å². The van der Waals surface area contributed by atoms with Gasteiger partial charge in [-0.25, -0.2) is 13.2 Å². The molecule has 0 saturated heterocycles. The Morgan fingerprint density at radius 2 is 1.97 bits per heavy atom. The first-order chi connectivity index (χ1) is 14.1. The van der Waals surface area contributed by atoms with Gasteiger partial charge in [0.2, 0.25) is 21.7 Å². The summed E-state index contributed by atoms with van der Waals surface area (Å²) in [6.07, 6.45) is 1.65. The van der Waals surface area contributed by atoms with Gasteiger partial charge in [-0.2, -0.15) is 0 Å². The number of nitrogens with one attached hydrogen (secondary N) is 1. The molecule has 1 aliphatic rings. The van der Waals surface area contributed by atoms with Crippen molar-refractivity contribution in [2.75, 3.05) is 17.2 Å². The number of thiophene rings is 1. The molecule has 1 unspecified atom stereocenters. The molecule has 0 radical (unpaired) electrons. The van der Waals surface area contributed by atoms with Crippen LogP contribution in [0.15, 0.2) is 30.3 Å². The number of fused-ring (bicyclic) bond motifs is 1. The summed E-state index contributed by atoms with van der Waals surface area (Å²) in [7, 11) is -3.41.